The summed E-state index contributed by atoms with van der Waals surface area (Å²) >= 11 is 1.43. The Labute approximate surface area is 211 Å². The lowest BCUT2D eigenvalue weighted by atomic mass is 10.0. The number of phenols is 1. The van der Waals surface area contributed by atoms with Crippen LogP contribution in [0.15, 0.2) is 53.7 Å². The number of rotatable bonds is 10. The molecule has 0 unspecified atom stereocenters. The number of tetrazole rings is 1. The Morgan fingerprint density at radius 1 is 1.14 bits per heavy atom. The highest BCUT2D eigenvalue weighted by Crippen LogP contribution is 2.38. The number of primary amides is 1. The summed E-state index contributed by atoms with van der Waals surface area (Å²) in [6, 6.07) is 14.3. The van der Waals surface area contributed by atoms with Crippen molar-refractivity contribution in [2.45, 2.75) is 37.7 Å². The first-order valence-electron chi connectivity index (χ1n) is 11.3. The fourth-order valence-corrected chi connectivity index (χ4v) is 4.43. The van der Waals surface area contributed by atoms with Crippen molar-refractivity contribution in [3.63, 3.8) is 0 Å². The molecule has 0 aliphatic heterocycles. The highest BCUT2D eigenvalue weighted by molar-refractivity contribution is 7.98. The highest BCUT2D eigenvalue weighted by Gasteiger charge is 2.20. The summed E-state index contributed by atoms with van der Waals surface area (Å²) in [6.45, 7) is 4.24. The summed E-state index contributed by atoms with van der Waals surface area (Å²) in [5, 5.41) is 22.7. The molecule has 0 aliphatic carbocycles. The minimum Gasteiger partial charge on any atom is -0.506 e. The van der Waals surface area contributed by atoms with Gasteiger partial charge in [0.1, 0.15) is 22.3 Å². The number of hydrogen-bond donors (Lipinski definition) is 3. The van der Waals surface area contributed by atoms with Crippen LogP contribution in [-0.2, 0) is 21.8 Å². The van der Waals surface area contributed by atoms with Crippen LogP contribution in [0.5, 0.6) is 17.2 Å². The van der Waals surface area contributed by atoms with Crippen molar-refractivity contribution in [2.75, 3.05) is 6.61 Å². The van der Waals surface area contributed by atoms with Gasteiger partial charge in [-0.2, -0.15) is 0 Å². The van der Waals surface area contributed by atoms with E-state index in [1.807, 2.05) is 38.1 Å². The SMILES string of the molecule is CCCOC(=O)C[n+]1[nH]nnc1SCc1ccc(Oc2cc(C(N)=O)c(O)c3ccccc23)c(C)c1. The molecule has 0 aliphatic rings. The number of H-pyrrole nitrogens is 1. The molecular formula is C25H26N5O5S+. The fraction of sp³-hybridized carbons (Fsp3) is 0.240. The molecule has 1 amide bonds. The number of amides is 1. The number of aromatic hydroxyl groups is 1. The monoisotopic (exact) mass is 508 g/mol. The van der Waals surface area contributed by atoms with Crippen molar-refractivity contribution in [2.24, 2.45) is 5.73 Å². The molecule has 10 nitrogen and oxygen atoms in total. The van der Waals surface area contributed by atoms with Gasteiger partial charge in [-0.3, -0.25) is 4.79 Å². The van der Waals surface area contributed by atoms with Crippen molar-refractivity contribution < 1.29 is 28.9 Å². The fourth-order valence-electron chi connectivity index (χ4n) is 3.60. The standard InChI is InChI=1S/C25H25N5O5S/c1-3-10-34-22(31)13-30-25(27-28-29-30)36-14-16-8-9-20(15(2)11-16)35-21-12-19(24(26)33)23(32)18-7-5-4-6-17(18)21/h4-9,11-12H,3,10,13-14H2,1-2H3,(H3,26,32,33)/p+1. The number of carbonyl (C=O) groups excluding carboxylic acids is 2. The smallest absolute Gasteiger partial charge is 0.360 e. The van der Waals surface area contributed by atoms with Crippen LogP contribution in [0.4, 0.5) is 0 Å². The average Bonchev–Trinajstić information content (AvgIpc) is 3.31. The maximum Gasteiger partial charge on any atom is 0.360 e. The largest absolute Gasteiger partial charge is 0.506 e. The third-order valence-electron chi connectivity index (χ3n) is 5.36. The molecule has 0 fully saturated rings. The van der Waals surface area contributed by atoms with Gasteiger partial charge in [-0.25, -0.2) is 4.79 Å². The van der Waals surface area contributed by atoms with Gasteiger partial charge in [0.15, 0.2) is 11.8 Å². The number of hydrogen-bond acceptors (Lipinski definition) is 8. The minimum atomic E-state index is -0.740. The van der Waals surface area contributed by atoms with E-state index in [1.54, 1.807) is 22.9 Å². The maximum absolute atomic E-state index is 11.9. The predicted octanol–water partition coefficient (Wildman–Crippen LogP) is 3.40. The number of nitrogens with one attached hydrogen (secondary N) is 1. The Balaban J connectivity index is 1.49. The molecule has 4 aromatic rings. The van der Waals surface area contributed by atoms with Crippen molar-refractivity contribution >= 4 is 34.4 Å². The number of benzene rings is 3. The lowest BCUT2D eigenvalue weighted by Crippen LogP contribution is -2.42. The van der Waals surface area contributed by atoms with E-state index < -0.39 is 5.91 Å². The molecule has 1 heterocycles. The van der Waals surface area contributed by atoms with Crippen molar-refractivity contribution in [1.29, 1.82) is 0 Å². The molecular weight excluding hydrogens is 482 g/mol. The Bertz CT molecular complexity index is 1420. The van der Waals surface area contributed by atoms with Gasteiger partial charge in [-0.05, 0) is 48.4 Å². The molecule has 0 saturated carbocycles. The van der Waals surface area contributed by atoms with Crippen LogP contribution in [0, 0.1) is 6.92 Å². The van der Waals surface area contributed by atoms with E-state index in [1.165, 1.54) is 17.8 Å². The summed E-state index contributed by atoms with van der Waals surface area (Å²) in [5.41, 5.74) is 7.34. The first-order chi connectivity index (χ1) is 17.4. The van der Waals surface area contributed by atoms with Gasteiger partial charge < -0.3 is 20.3 Å². The summed E-state index contributed by atoms with van der Waals surface area (Å²) in [4.78, 5) is 23.8. The van der Waals surface area contributed by atoms with Crippen LogP contribution in [-0.4, -0.2) is 39.1 Å². The predicted molar refractivity (Wildman–Crippen MR) is 133 cm³/mol. The zero-order valence-electron chi connectivity index (χ0n) is 19.9. The second-order valence-corrected chi connectivity index (χ2v) is 9.00. The molecule has 0 spiro atoms. The van der Waals surface area contributed by atoms with Gasteiger partial charge in [0.2, 0.25) is 0 Å². The molecule has 186 valence electrons. The van der Waals surface area contributed by atoms with E-state index in [9.17, 15) is 14.7 Å². The second-order valence-electron chi connectivity index (χ2n) is 8.06. The van der Waals surface area contributed by atoms with E-state index in [4.69, 9.17) is 15.2 Å². The van der Waals surface area contributed by atoms with Gasteiger partial charge in [0, 0.05) is 16.5 Å². The van der Waals surface area contributed by atoms with Crippen LogP contribution in [0.25, 0.3) is 10.8 Å². The quantitative estimate of drug-likeness (QED) is 0.168. The molecule has 4 N–H and O–H groups in total. The number of carbonyl (C=O) groups is 2. The van der Waals surface area contributed by atoms with E-state index in [0.29, 0.717) is 39.8 Å². The maximum atomic E-state index is 11.9. The van der Waals surface area contributed by atoms with Gasteiger partial charge in [-0.1, -0.05) is 48.5 Å². The number of aromatic amines is 1. The zero-order valence-corrected chi connectivity index (χ0v) is 20.7. The Morgan fingerprint density at radius 3 is 2.64 bits per heavy atom. The van der Waals surface area contributed by atoms with Crippen molar-refractivity contribution in [3.05, 3.63) is 65.2 Å². The van der Waals surface area contributed by atoms with Crippen LogP contribution >= 0.6 is 11.8 Å². The minimum absolute atomic E-state index is 0.00568. The number of fused-ring (bicyclic) bond motifs is 1. The number of nitrogens with zero attached hydrogens (tertiary/aromatic N) is 3. The topological polar surface area (TPSA) is 144 Å². The average molecular weight is 509 g/mol. The Hall–Kier alpha value is -4.12. The van der Waals surface area contributed by atoms with Gasteiger partial charge in [0.25, 0.3) is 5.91 Å². The summed E-state index contributed by atoms with van der Waals surface area (Å²) in [6.07, 6.45) is 0.758. The Kier molecular flexibility index (Phi) is 7.69. The first kappa shape index (κ1) is 25.0. The second kappa shape index (κ2) is 11.1. The number of nitrogens with two attached hydrogens (primary N) is 1. The number of thioether (sulfide) groups is 1. The van der Waals surface area contributed by atoms with Gasteiger partial charge in [0.05, 0.1) is 12.2 Å². The van der Waals surface area contributed by atoms with E-state index >= 15 is 0 Å². The third-order valence-corrected chi connectivity index (χ3v) is 6.40. The number of esters is 1. The van der Waals surface area contributed by atoms with Crippen LogP contribution in [0.1, 0.15) is 34.8 Å². The van der Waals surface area contributed by atoms with Crippen molar-refractivity contribution in [3.8, 4) is 17.2 Å². The molecule has 0 bridgehead atoms. The van der Waals surface area contributed by atoms with Crippen LogP contribution < -0.4 is 15.2 Å². The third kappa shape index (κ3) is 5.57. The molecule has 0 atom stereocenters. The number of aromatic nitrogens is 4. The highest BCUT2D eigenvalue weighted by atomic mass is 32.2. The van der Waals surface area contributed by atoms with Gasteiger partial charge in [-0.15, -0.1) is 4.68 Å². The zero-order chi connectivity index (χ0) is 25.7. The van der Waals surface area contributed by atoms with Crippen LogP contribution in [0.2, 0.25) is 0 Å². The van der Waals surface area contributed by atoms with Crippen molar-refractivity contribution in [1.82, 2.24) is 15.5 Å². The molecule has 36 heavy (non-hydrogen) atoms. The first-order valence-corrected chi connectivity index (χ1v) is 12.3. The van der Waals surface area contributed by atoms with Gasteiger partial charge >= 0.3 is 11.1 Å². The summed E-state index contributed by atoms with van der Waals surface area (Å²) in [5.74, 6) is 0.347. The molecule has 1 aromatic heterocycles. The number of aryl methyl sites for hydroxylation is 1. The van der Waals surface area contributed by atoms with E-state index in [0.717, 1.165) is 17.5 Å². The number of ether oxygens (including phenoxy) is 2. The molecule has 11 heteroatoms. The lowest BCUT2D eigenvalue weighted by molar-refractivity contribution is -0.777. The Morgan fingerprint density at radius 2 is 1.92 bits per heavy atom. The molecule has 0 saturated heterocycles. The molecule has 3 aromatic carbocycles. The normalized spacial score (nSPS) is 10.9. The van der Waals surface area contributed by atoms with E-state index in [-0.39, 0.29) is 23.8 Å². The molecule has 0 radical (unpaired) electrons. The van der Waals surface area contributed by atoms with Crippen LogP contribution in [0.3, 0.4) is 0 Å². The summed E-state index contributed by atoms with van der Waals surface area (Å²) in [7, 11) is 0. The van der Waals surface area contributed by atoms with E-state index in [2.05, 4.69) is 15.5 Å². The molecule has 4 rings (SSSR count). The lowest BCUT2D eigenvalue weighted by Gasteiger charge is -2.14. The summed E-state index contributed by atoms with van der Waals surface area (Å²) < 4.78 is 12.8.